The summed E-state index contributed by atoms with van der Waals surface area (Å²) >= 11 is 0. The number of nitrogens with one attached hydrogen (secondary N) is 1. The summed E-state index contributed by atoms with van der Waals surface area (Å²) in [5.41, 5.74) is 1.99. The fourth-order valence-corrected chi connectivity index (χ4v) is 4.03. The highest BCUT2D eigenvalue weighted by Crippen LogP contribution is 2.35. The van der Waals surface area contributed by atoms with Crippen molar-refractivity contribution in [2.45, 2.75) is 31.7 Å². The molecule has 3 rings (SSSR count). The number of nitro groups is 1. The number of benzene rings is 2. The summed E-state index contributed by atoms with van der Waals surface area (Å²) in [7, 11) is -3.43. The molecule has 0 unspecified atom stereocenters. The van der Waals surface area contributed by atoms with E-state index < -0.39 is 32.9 Å². The van der Waals surface area contributed by atoms with Crippen LogP contribution in [-0.4, -0.2) is 47.3 Å². The van der Waals surface area contributed by atoms with E-state index >= 15 is 0 Å². The van der Waals surface area contributed by atoms with Gasteiger partial charge in [-0.25, -0.2) is 13.4 Å². The lowest BCUT2D eigenvalue weighted by Gasteiger charge is -2.22. The zero-order valence-electron chi connectivity index (χ0n) is 17.7. The van der Waals surface area contributed by atoms with Gasteiger partial charge in [0.05, 0.1) is 22.9 Å². The number of carboxylic acids is 1. The molecule has 0 saturated carbocycles. The summed E-state index contributed by atoms with van der Waals surface area (Å²) < 4.78 is 25.2. The molecular formula is C21H22N4O7S. The topological polar surface area (TPSA) is 159 Å². The van der Waals surface area contributed by atoms with Gasteiger partial charge in [0.15, 0.2) is 0 Å². The summed E-state index contributed by atoms with van der Waals surface area (Å²) in [6, 6.07) is 11.8. The van der Waals surface area contributed by atoms with E-state index in [4.69, 9.17) is 5.11 Å². The molecule has 0 fully saturated rings. The maximum atomic E-state index is 12.8. The van der Waals surface area contributed by atoms with Gasteiger partial charge in [-0.15, -0.1) is 0 Å². The van der Waals surface area contributed by atoms with Crippen LogP contribution in [-0.2, 0) is 19.6 Å². The van der Waals surface area contributed by atoms with E-state index in [1.807, 2.05) is 0 Å². The van der Waals surface area contributed by atoms with Crippen molar-refractivity contribution in [1.29, 1.82) is 0 Å². The van der Waals surface area contributed by atoms with E-state index in [1.165, 1.54) is 23.2 Å². The summed E-state index contributed by atoms with van der Waals surface area (Å²) in [6.07, 6.45) is 1.27. The zero-order chi connectivity index (χ0) is 24.2. The number of hydrazone groups is 1. The van der Waals surface area contributed by atoms with Crippen molar-refractivity contribution in [2.75, 3.05) is 11.0 Å². The Kier molecular flexibility index (Phi) is 7.07. The molecule has 0 spiro atoms. The van der Waals surface area contributed by atoms with Crippen LogP contribution in [0.15, 0.2) is 53.6 Å². The molecule has 1 amide bonds. The van der Waals surface area contributed by atoms with Gasteiger partial charge in [-0.2, -0.15) is 5.10 Å². The number of nitro benzene ring substituents is 1. The standard InChI is InChI=1S/C21H22N4O7S/c1-33(31,32)23-16-10-8-14(9-11-16)18-13-19(15-4-2-5-17(12-15)25(29)30)24(22-18)20(26)6-3-7-21(27)28/h2,4-5,8-12,19,23H,3,6-7,13H2,1H3,(H,27,28)/t19-/m1/s1. The second kappa shape index (κ2) is 9.77. The number of hydrogen-bond acceptors (Lipinski definition) is 7. The molecule has 2 aromatic carbocycles. The third-order valence-corrected chi connectivity index (χ3v) is 5.54. The van der Waals surface area contributed by atoms with Gasteiger partial charge in [0.2, 0.25) is 15.9 Å². The highest BCUT2D eigenvalue weighted by Gasteiger charge is 2.33. The lowest BCUT2D eigenvalue weighted by atomic mass is 9.97. The van der Waals surface area contributed by atoms with E-state index in [2.05, 4.69) is 9.82 Å². The number of sulfonamides is 1. The molecule has 0 aliphatic carbocycles. The van der Waals surface area contributed by atoms with Gasteiger partial charge in [0.1, 0.15) is 0 Å². The SMILES string of the molecule is CS(=O)(=O)Nc1ccc(C2=NN(C(=O)CCCC(=O)O)[C@@H](c3cccc([N+](=O)[O-])c3)C2)cc1. The van der Waals surface area contributed by atoms with E-state index in [1.54, 1.807) is 30.3 Å². The first-order valence-corrected chi connectivity index (χ1v) is 11.9. The first kappa shape index (κ1) is 23.9. The Hall–Kier alpha value is -3.80. The van der Waals surface area contributed by atoms with E-state index in [0.29, 0.717) is 22.5 Å². The number of carbonyl (C=O) groups excluding carboxylic acids is 1. The molecule has 0 saturated heterocycles. The Morgan fingerprint density at radius 1 is 1.21 bits per heavy atom. The second-order valence-electron chi connectivity index (χ2n) is 7.56. The van der Waals surface area contributed by atoms with Crippen molar-refractivity contribution in [3.63, 3.8) is 0 Å². The number of carbonyl (C=O) groups is 2. The van der Waals surface area contributed by atoms with Crippen molar-refractivity contribution in [3.8, 4) is 0 Å². The molecule has 0 radical (unpaired) electrons. The lowest BCUT2D eigenvalue weighted by Crippen LogP contribution is -2.27. The van der Waals surface area contributed by atoms with Crippen LogP contribution >= 0.6 is 0 Å². The van der Waals surface area contributed by atoms with E-state index in [-0.39, 0.29) is 31.4 Å². The first-order chi connectivity index (χ1) is 15.5. The Morgan fingerprint density at radius 3 is 2.52 bits per heavy atom. The van der Waals surface area contributed by atoms with Crippen LogP contribution in [0.3, 0.4) is 0 Å². The number of amides is 1. The third-order valence-electron chi connectivity index (χ3n) is 4.93. The van der Waals surface area contributed by atoms with E-state index in [9.17, 15) is 28.1 Å². The third kappa shape index (κ3) is 6.35. The highest BCUT2D eigenvalue weighted by molar-refractivity contribution is 7.92. The van der Waals surface area contributed by atoms with Crippen LogP contribution in [0.5, 0.6) is 0 Å². The van der Waals surface area contributed by atoms with Gasteiger partial charge in [-0.1, -0.05) is 24.3 Å². The van der Waals surface area contributed by atoms with Gasteiger partial charge in [-0.3, -0.25) is 24.4 Å². The molecule has 1 aliphatic rings. The van der Waals surface area contributed by atoms with Crippen molar-refractivity contribution in [2.24, 2.45) is 5.10 Å². The second-order valence-corrected chi connectivity index (χ2v) is 9.30. The fourth-order valence-electron chi connectivity index (χ4n) is 3.47. The number of anilines is 1. The lowest BCUT2D eigenvalue weighted by molar-refractivity contribution is -0.385. The van der Waals surface area contributed by atoms with Gasteiger partial charge >= 0.3 is 5.97 Å². The number of nitrogens with zero attached hydrogens (tertiary/aromatic N) is 3. The number of non-ortho nitro benzene ring substituents is 1. The van der Waals surface area contributed by atoms with Crippen LogP contribution in [0.2, 0.25) is 0 Å². The highest BCUT2D eigenvalue weighted by atomic mass is 32.2. The maximum absolute atomic E-state index is 12.8. The van der Waals surface area contributed by atoms with Crippen molar-refractivity contribution >= 4 is 39.0 Å². The number of rotatable bonds is 9. The molecule has 0 aromatic heterocycles. The minimum atomic E-state index is -3.43. The average Bonchev–Trinajstić information content (AvgIpc) is 3.18. The van der Waals surface area contributed by atoms with Crippen LogP contribution in [0.4, 0.5) is 11.4 Å². The number of aliphatic carboxylic acids is 1. The Labute approximate surface area is 189 Å². The molecule has 0 bridgehead atoms. The van der Waals surface area contributed by atoms with Crippen LogP contribution < -0.4 is 4.72 Å². The van der Waals surface area contributed by atoms with Crippen LogP contribution in [0.1, 0.15) is 42.9 Å². The quantitative estimate of drug-likeness (QED) is 0.417. The van der Waals surface area contributed by atoms with Gasteiger partial charge in [0, 0.05) is 37.1 Å². The minimum absolute atomic E-state index is 0.0360. The molecule has 33 heavy (non-hydrogen) atoms. The largest absolute Gasteiger partial charge is 0.481 e. The average molecular weight is 474 g/mol. The summed E-state index contributed by atoms with van der Waals surface area (Å²) in [4.78, 5) is 34.3. The summed E-state index contributed by atoms with van der Waals surface area (Å²) in [6.45, 7) is 0. The number of hydrogen-bond donors (Lipinski definition) is 2. The van der Waals surface area contributed by atoms with Gasteiger partial charge in [0.25, 0.3) is 5.69 Å². The Balaban J connectivity index is 1.89. The molecule has 1 atom stereocenters. The smallest absolute Gasteiger partial charge is 0.303 e. The molecule has 2 N–H and O–H groups in total. The molecule has 11 nitrogen and oxygen atoms in total. The molecule has 174 valence electrons. The molecule has 2 aromatic rings. The molecule has 12 heteroatoms. The van der Waals surface area contributed by atoms with Crippen LogP contribution in [0.25, 0.3) is 0 Å². The number of carboxylic acid groups (broad SMARTS) is 1. The van der Waals surface area contributed by atoms with Gasteiger partial charge < -0.3 is 5.11 Å². The van der Waals surface area contributed by atoms with E-state index in [0.717, 1.165) is 6.26 Å². The predicted molar refractivity (Wildman–Crippen MR) is 120 cm³/mol. The molecular weight excluding hydrogens is 452 g/mol. The predicted octanol–water partition coefficient (Wildman–Crippen LogP) is 2.90. The first-order valence-electron chi connectivity index (χ1n) is 9.97. The fraction of sp³-hybridized carbons (Fsp3) is 0.286. The zero-order valence-corrected chi connectivity index (χ0v) is 18.5. The molecule has 1 aliphatic heterocycles. The van der Waals surface area contributed by atoms with Crippen molar-refractivity contribution < 1.29 is 28.0 Å². The summed E-state index contributed by atoms with van der Waals surface area (Å²) in [5, 5.41) is 25.7. The maximum Gasteiger partial charge on any atom is 0.303 e. The normalized spacial score (nSPS) is 15.7. The van der Waals surface area contributed by atoms with Crippen molar-refractivity contribution in [3.05, 3.63) is 69.8 Å². The minimum Gasteiger partial charge on any atom is -0.481 e. The molecule has 1 heterocycles. The summed E-state index contributed by atoms with van der Waals surface area (Å²) in [5.74, 6) is -1.40. The monoisotopic (exact) mass is 474 g/mol. The Bertz CT molecular complexity index is 1210. The van der Waals surface area contributed by atoms with Crippen molar-refractivity contribution in [1.82, 2.24) is 5.01 Å². The Morgan fingerprint density at radius 2 is 1.91 bits per heavy atom. The van der Waals surface area contributed by atoms with Crippen LogP contribution in [0, 0.1) is 10.1 Å². The van der Waals surface area contributed by atoms with Gasteiger partial charge in [-0.05, 0) is 29.7 Å².